The second-order valence-corrected chi connectivity index (χ2v) is 4.49. The van der Waals surface area contributed by atoms with E-state index in [1.165, 1.54) is 0 Å². The smallest absolute Gasteiger partial charge is 0.306 e. The fourth-order valence-electron chi connectivity index (χ4n) is 2.78. The van der Waals surface area contributed by atoms with Crippen LogP contribution in [0.15, 0.2) is 0 Å². The Labute approximate surface area is 74.9 Å². The zero-order valence-electron chi connectivity index (χ0n) is 7.22. The van der Waals surface area contributed by atoms with Crippen LogP contribution in [0.25, 0.3) is 0 Å². The maximum atomic E-state index is 12.6. The SMILES string of the molecule is O=C(O)C1CCC2(C1)CC(F)(F)C2. The van der Waals surface area contributed by atoms with E-state index < -0.39 is 11.9 Å². The molecule has 0 aromatic heterocycles. The molecule has 1 spiro atoms. The van der Waals surface area contributed by atoms with E-state index in [-0.39, 0.29) is 24.2 Å². The molecule has 0 radical (unpaired) electrons. The van der Waals surface area contributed by atoms with E-state index in [0.29, 0.717) is 19.3 Å². The first-order valence-corrected chi connectivity index (χ1v) is 4.53. The molecular formula is C9H12F2O2. The maximum Gasteiger partial charge on any atom is 0.306 e. The number of rotatable bonds is 1. The van der Waals surface area contributed by atoms with Crippen LogP contribution in [0.5, 0.6) is 0 Å². The van der Waals surface area contributed by atoms with Crippen LogP contribution in [0.4, 0.5) is 8.78 Å². The van der Waals surface area contributed by atoms with Crippen LogP contribution < -0.4 is 0 Å². The van der Waals surface area contributed by atoms with Crippen molar-refractivity contribution in [2.24, 2.45) is 11.3 Å². The summed E-state index contributed by atoms with van der Waals surface area (Å²) in [6.45, 7) is 0. The number of carboxylic acid groups (broad SMARTS) is 1. The van der Waals surface area contributed by atoms with Crippen molar-refractivity contribution < 1.29 is 18.7 Å². The Morgan fingerprint density at radius 3 is 2.38 bits per heavy atom. The highest BCUT2D eigenvalue weighted by Crippen LogP contribution is 2.61. The third-order valence-electron chi connectivity index (χ3n) is 3.32. The van der Waals surface area contributed by atoms with Gasteiger partial charge in [-0.1, -0.05) is 0 Å². The molecule has 1 N–H and O–H groups in total. The van der Waals surface area contributed by atoms with E-state index in [4.69, 9.17) is 5.11 Å². The maximum absolute atomic E-state index is 12.6. The van der Waals surface area contributed by atoms with Gasteiger partial charge in [0.15, 0.2) is 0 Å². The highest BCUT2D eigenvalue weighted by atomic mass is 19.3. The van der Waals surface area contributed by atoms with Crippen LogP contribution in [-0.4, -0.2) is 17.0 Å². The standard InChI is InChI=1S/C9H12F2O2/c10-9(11)4-8(5-9)2-1-6(3-8)7(12)13/h6H,1-5H2,(H,12,13). The van der Waals surface area contributed by atoms with E-state index in [1.807, 2.05) is 0 Å². The summed E-state index contributed by atoms with van der Waals surface area (Å²) in [6, 6.07) is 0. The monoisotopic (exact) mass is 190 g/mol. The lowest BCUT2D eigenvalue weighted by molar-refractivity contribution is -0.162. The Bertz CT molecular complexity index is 242. The van der Waals surface area contributed by atoms with Gasteiger partial charge in [0.2, 0.25) is 5.92 Å². The quantitative estimate of drug-likeness (QED) is 0.688. The second-order valence-electron chi connectivity index (χ2n) is 4.49. The van der Waals surface area contributed by atoms with Crippen molar-refractivity contribution in [3.05, 3.63) is 0 Å². The minimum absolute atomic E-state index is 0.0935. The lowest BCUT2D eigenvalue weighted by Gasteiger charge is -2.45. The Morgan fingerprint density at radius 1 is 1.38 bits per heavy atom. The largest absolute Gasteiger partial charge is 0.481 e. The zero-order valence-corrected chi connectivity index (χ0v) is 7.22. The average molecular weight is 190 g/mol. The van der Waals surface area contributed by atoms with E-state index in [9.17, 15) is 13.6 Å². The topological polar surface area (TPSA) is 37.3 Å². The number of halogens is 2. The number of alkyl halides is 2. The lowest BCUT2D eigenvalue weighted by Crippen LogP contribution is -2.44. The van der Waals surface area contributed by atoms with Gasteiger partial charge in [-0.25, -0.2) is 8.78 Å². The number of hydrogen-bond acceptors (Lipinski definition) is 1. The minimum Gasteiger partial charge on any atom is -0.481 e. The lowest BCUT2D eigenvalue weighted by atomic mass is 9.64. The van der Waals surface area contributed by atoms with Crippen LogP contribution >= 0.6 is 0 Å². The fraction of sp³-hybridized carbons (Fsp3) is 0.889. The van der Waals surface area contributed by atoms with E-state index in [1.54, 1.807) is 0 Å². The summed E-state index contributed by atoms with van der Waals surface area (Å²) in [5.41, 5.74) is -0.327. The Balaban J connectivity index is 1.97. The van der Waals surface area contributed by atoms with Crippen LogP contribution in [0, 0.1) is 11.3 Å². The molecule has 0 saturated heterocycles. The first-order valence-electron chi connectivity index (χ1n) is 4.53. The van der Waals surface area contributed by atoms with Crippen molar-refractivity contribution >= 4 is 5.97 Å². The molecule has 0 aromatic rings. The highest BCUT2D eigenvalue weighted by molar-refractivity contribution is 5.70. The first kappa shape index (κ1) is 8.91. The van der Waals surface area contributed by atoms with Gasteiger partial charge in [0.1, 0.15) is 0 Å². The third-order valence-corrected chi connectivity index (χ3v) is 3.32. The Hall–Kier alpha value is -0.670. The normalized spacial score (nSPS) is 34.5. The van der Waals surface area contributed by atoms with Gasteiger partial charge in [0, 0.05) is 12.8 Å². The van der Waals surface area contributed by atoms with Gasteiger partial charge in [-0.05, 0) is 24.7 Å². The van der Waals surface area contributed by atoms with Crippen molar-refractivity contribution in [1.29, 1.82) is 0 Å². The average Bonchev–Trinajstić information content (AvgIpc) is 2.29. The van der Waals surface area contributed by atoms with E-state index in [2.05, 4.69) is 0 Å². The van der Waals surface area contributed by atoms with Gasteiger partial charge >= 0.3 is 5.97 Å². The van der Waals surface area contributed by atoms with Crippen LogP contribution in [0.3, 0.4) is 0 Å². The molecule has 0 aromatic carbocycles. The summed E-state index contributed by atoms with van der Waals surface area (Å²) < 4.78 is 25.2. The van der Waals surface area contributed by atoms with Gasteiger partial charge in [-0.15, -0.1) is 0 Å². The van der Waals surface area contributed by atoms with Crippen LogP contribution in [0.1, 0.15) is 32.1 Å². The van der Waals surface area contributed by atoms with Gasteiger partial charge in [0.05, 0.1) is 5.92 Å². The molecule has 2 rings (SSSR count). The van der Waals surface area contributed by atoms with Gasteiger partial charge in [-0.2, -0.15) is 0 Å². The zero-order chi connectivity index (χ0) is 9.69. The Morgan fingerprint density at radius 2 is 2.00 bits per heavy atom. The van der Waals surface area contributed by atoms with Gasteiger partial charge < -0.3 is 5.11 Å². The van der Waals surface area contributed by atoms with E-state index >= 15 is 0 Å². The first-order chi connectivity index (χ1) is 5.93. The Kier molecular flexibility index (Phi) is 1.66. The summed E-state index contributed by atoms with van der Waals surface area (Å²) >= 11 is 0. The molecule has 74 valence electrons. The summed E-state index contributed by atoms with van der Waals surface area (Å²) in [5.74, 6) is -3.73. The molecule has 4 heteroatoms. The molecule has 1 atom stereocenters. The van der Waals surface area contributed by atoms with Gasteiger partial charge in [0.25, 0.3) is 0 Å². The number of carbonyl (C=O) groups is 1. The predicted molar refractivity (Wildman–Crippen MR) is 41.6 cm³/mol. The van der Waals surface area contributed by atoms with Crippen molar-refractivity contribution in [2.45, 2.75) is 38.0 Å². The molecule has 0 heterocycles. The summed E-state index contributed by atoms with van der Waals surface area (Å²) in [6.07, 6.45) is 1.51. The third kappa shape index (κ3) is 1.42. The molecule has 0 amide bonds. The molecule has 2 saturated carbocycles. The minimum atomic E-state index is -2.52. The van der Waals surface area contributed by atoms with Crippen LogP contribution in [-0.2, 0) is 4.79 Å². The number of aliphatic carboxylic acids is 1. The molecule has 2 aliphatic carbocycles. The predicted octanol–water partition coefficient (Wildman–Crippen LogP) is 2.29. The molecule has 13 heavy (non-hydrogen) atoms. The molecular weight excluding hydrogens is 178 g/mol. The molecule has 2 fully saturated rings. The molecule has 2 nitrogen and oxygen atoms in total. The molecule has 2 aliphatic rings. The molecule has 1 unspecified atom stereocenters. The number of carboxylic acids is 1. The summed E-state index contributed by atoms with van der Waals surface area (Å²) in [4.78, 5) is 10.6. The second kappa shape index (κ2) is 2.42. The highest BCUT2D eigenvalue weighted by Gasteiger charge is 2.59. The van der Waals surface area contributed by atoms with Crippen molar-refractivity contribution in [1.82, 2.24) is 0 Å². The van der Waals surface area contributed by atoms with Crippen molar-refractivity contribution in [3.63, 3.8) is 0 Å². The van der Waals surface area contributed by atoms with Crippen molar-refractivity contribution in [2.75, 3.05) is 0 Å². The summed E-state index contributed by atoms with van der Waals surface area (Å²) in [7, 11) is 0. The molecule has 0 aliphatic heterocycles. The number of hydrogen-bond donors (Lipinski definition) is 1. The van der Waals surface area contributed by atoms with Gasteiger partial charge in [-0.3, -0.25) is 4.79 Å². The van der Waals surface area contributed by atoms with Crippen molar-refractivity contribution in [3.8, 4) is 0 Å². The van der Waals surface area contributed by atoms with E-state index in [0.717, 1.165) is 0 Å². The summed E-state index contributed by atoms with van der Waals surface area (Å²) in [5, 5.41) is 8.71. The fourth-order valence-corrected chi connectivity index (χ4v) is 2.78. The van der Waals surface area contributed by atoms with Crippen LogP contribution in [0.2, 0.25) is 0 Å². The molecule has 0 bridgehead atoms.